The van der Waals surface area contributed by atoms with Gasteiger partial charge in [0.1, 0.15) is 0 Å². The molecule has 2 aliphatic rings. The lowest BCUT2D eigenvalue weighted by Crippen LogP contribution is -2.25. The molecule has 1 fully saturated rings. The minimum Gasteiger partial charge on any atom is -0.554 e. The van der Waals surface area contributed by atoms with E-state index in [2.05, 4.69) is 24.3 Å². The number of rotatable bonds is 0. The monoisotopic (exact) mass is 169 g/mol. The molecule has 0 aromatic heterocycles. The molecule has 0 saturated carbocycles. The summed E-state index contributed by atoms with van der Waals surface area (Å²) in [4.78, 5) is 0. The smallest absolute Gasteiger partial charge is 0.0906 e. The van der Waals surface area contributed by atoms with Crippen molar-refractivity contribution in [1.29, 1.82) is 0 Å². The van der Waals surface area contributed by atoms with Gasteiger partial charge in [0.15, 0.2) is 0 Å². The van der Waals surface area contributed by atoms with Crippen molar-refractivity contribution in [2.24, 2.45) is 0 Å². The Kier molecular flexibility index (Phi) is 1.46. The van der Waals surface area contributed by atoms with Gasteiger partial charge in [-0.1, -0.05) is 24.3 Å². The van der Waals surface area contributed by atoms with Crippen molar-refractivity contribution in [3.8, 4) is 0 Å². The first kappa shape index (κ1) is 7.49. The van der Waals surface area contributed by atoms with E-state index in [0.29, 0.717) is 11.8 Å². The third-order valence-corrected chi connectivity index (χ3v) is 3.35. The Hall–Kier alpha value is -0.915. The molecule has 1 nitrogen and oxygen atoms in total. The summed E-state index contributed by atoms with van der Waals surface area (Å²) in [6.45, 7) is 2.07. The average molecular weight is 169 g/mol. The second-order valence-electron chi connectivity index (χ2n) is 4.21. The van der Waals surface area contributed by atoms with Crippen LogP contribution in [0.1, 0.15) is 29.4 Å². The van der Waals surface area contributed by atoms with E-state index in [0.717, 1.165) is 13.1 Å². The van der Waals surface area contributed by atoms with Crippen molar-refractivity contribution in [2.75, 3.05) is 13.1 Å². The van der Waals surface area contributed by atoms with Crippen LogP contribution in [-0.2, 0) is 0 Å². The van der Waals surface area contributed by atoms with E-state index in [9.17, 15) is 0 Å². The van der Waals surface area contributed by atoms with Gasteiger partial charge in [0, 0.05) is 11.8 Å². The first-order chi connectivity index (χ1) is 6.34. The molecule has 0 spiro atoms. The summed E-state index contributed by atoms with van der Waals surface area (Å²) in [6.07, 6.45) is 1.31. The molecule has 2 unspecified atom stereocenters. The van der Waals surface area contributed by atoms with E-state index >= 15 is 0 Å². The normalized spacial score (nSPS) is 30.3. The fourth-order valence-electron chi connectivity index (χ4n) is 2.84. The zero-order valence-corrected chi connectivity index (χ0v) is 7.61. The van der Waals surface area contributed by atoms with Crippen molar-refractivity contribution in [3.05, 3.63) is 35.4 Å². The van der Waals surface area contributed by atoms with Crippen LogP contribution in [0.3, 0.4) is 0 Å². The molecule has 2 bridgehead atoms. The number of hydrogen-bond donors (Lipinski definition) is 0. The molecule has 1 aromatic rings. The predicted molar refractivity (Wildman–Crippen MR) is 52.3 cm³/mol. The van der Waals surface area contributed by atoms with E-state index in [1.54, 1.807) is 11.1 Å². The van der Waals surface area contributed by atoms with E-state index in [-0.39, 0.29) is 0 Å². The molecule has 1 aliphatic carbocycles. The summed E-state index contributed by atoms with van der Waals surface area (Å²) >= 11 is 0. The van der Waals surface area contributed by atoms with E-state index in [4.69, 9.17) is 7.64 Å². The highest BCUT2D eigenvalue weighted by atomic mass is 15.0. The second-order valence-corrected chi connectivity index (χ2v) is 4.21. The Morgan fingerprint density at radius 3 is 2.15 bits per heavy atom. The molecule has 2 radical (unpaired) electrons. The van der Waals surface area contributed by atoms with Crippen LogP contribution in [-0.4, -0.2) is 25.2 Å². The Bertz CT molecular complexity index is 339. The third kappa shape index (κ3) is 1.01. The van der Waals surface area contributed by atoms with Crippen molar-refractivity contribution in [3.63, 3.8) is 0 Å². The highest BCUT2D eigenvalue weighted by Gasteiger charge is 2.36. The van der Waals surface area contributed by atoms with Crippen LogP contribution in [0.5, 0.6) is 0 Å². The maximum atomic E-state index is 5.87. The van der Waals surface area contributed by atoms with Crippen LogP contribution < -0.4 is 0 Å². The molecular weight excluding hydrogens is 157 g/mol. The first-order valence-electron chi connectivity index (χ1n) is 4.93. The molecule has 64 valence electrons. The summed E-state index contributed by atoms with van der Waals surface area (Å²) in [6, 6.07) is 8.80. The van der Waals surface area contributed by atoms with Gasteiger partial charge in [0.25, 0.3) is 0 Å². The molecule has 1 aliphatic heterocycles. The molecule has 13 heavy (non-hydrogen) atoms. The number of fused-ring (bicyclic) bond motifs is 5. The zero-order valence-electron chi connectivity index (χ0n) is 7.61. The first-order valence-corrected chi connectivity index (χ1v) is 4.93. The summed E-state index contributed by atoms with van der Waals surface area (Å²) < 4.78 is 1.97. The van der Waals surface area contributed by atoms with Crippen LogP contribution in [0.2, 0.25) is 0 Å². The Labute approximate surface area is 79.5 Å². The van der Waals surface area contributed by atoms with E-state index in [1.807, 2.05) is 4.48 Å². The lowest BCUT2D eigenvalue weighted by Gasteiger charge is -2.25. The fourth-order valence-corrected chi connectivity index (χ4v) is 2.84. The van der Waals surface area contributed by atoms with Gasteiger partial charge in [0.05, 0.1) is 13.1 Å². The van der Waals surface area contributed by atoms with E-state index < -0.39 is 0 Å². The van der Waals surface area contributed by atoms with Crippen LogP contribution in [0.25, 0.3) is 0 Å². The Balaban J connectivity index is 2.14. The lowest BCUT2D eigenvalue weighted by atomic mass is 9.96. The third-order valence-electron chi connectivity index (χ3n) is 3.35. The quantitative estimate of drug-likeness (QED) is 0.519. The number of nitrogens with zero attached hydrogens (tertiary/aromatic N) is 1. The van der Waals surface area contributed by atoms with Gasteiger partial charge < -0.3 is 4.48 Å². The van der Waals surface area contributed by atoms with Crippen molar-refractivity contribution in [2.45, 2.75) is 18.3 Å². The van der Waals surface area contributed by atoms with Crippen LogP contribution in [0.4, 0.5) is 0 Å². The van der Waals surface area contributed by atoms with E-state index in [1.165, 1.54) is 6.42 Å². The summed E-state index contributed by atoms with van der Waals surface area (Å²) in [5, 5.41) is 0. The van der Waals surface area contributed by atoms with Crippen molar-refractivity contribution >= 4 is 7.64 Å². The second kappa shape index (κ2) is 2.54. The average Bonchev–Trinajstić information content (AvgIpc) is 2.41. The highest BCUT2D eigenvalue weighted by Crippen LogP contribution is 2.44. The largest absolute Gasteiger partial charge is 0.554 e. The molecule has 2 atom stereocenters. The molecule has 1 aromatic carbocycles. The molecule has 1 heterocycles. The molecule has 0 amide bonds. The summed E-state index contributed by atoms with van der Waals surface area (Å²) in [7, 11) is 5.87. The topological polar surface area (TPSA) is 3.01 Å². The minimum atomic E-state index is 0.694. The van der Waals surface area contributed by atoms with Crippen LogP contribution in [0.15, 0.2) is 24.3 Å². The van der Waals surface area contributed by atoms with Crippen molar-refractivity contribution in [1.82, 2.24) is 0 Å². The molecule has 1 saturated heterocycles. The van der Waals surface area contributed by atoms with Gasteiger partial charge in [-0.2, -0.15) is 0 Å². The zero-order chi connectivity index (χ0) is 8.84. The predicted octanol–water partition coefficient (Wildman–Crippen LogP) is 1.64. The van der Waals surface area contributed by atoms with Crippen LogP contribution >= 0.6 is 0 Å². The lowest BCUT2D eigenvalue weighted by molar-refractivity contribution is -0.525. The standard InChI is InChI=1S/C11H12BN/c12-13-6-8-5-9(7-13)11-4-2-1-3-10(8)11/h1-4,8-9H,5-7H2. The molecule has 0 N–H and O–H groups in total. The maximum absolute atomic E-state index is 5.87. The molecular formula is C11H12BN. The SMILES string of the molecule is [B-]=[N+]1CC2CC(C1)c1ccccc12. The number of piperidine rings is 1. The van der Waals surface area contributed by atoms with Crippen LogP contribution in [0, 0.1) is 0 Å². The number of benzene rings is 1. The van der Waals surface area contributed by atoms with Gasteiger partial charge in [-0.25, -0.2) is 0 Å². The summed E-state index contributed by atoms with van der Waals surface area (Å²) in [5.41, 5.74) is 3.08. The van der Waals surface area contributed by atoms with Gasteiger partial charge in [-0.3, -0.25) is 0 Å². The van der Waals surface area contributed by atoms with Gasteiger partial charge in [-0.05, 0) is 17.5 Å². The Morgan fingerprint density at radius 1 is 1.08 bits per heavy atom. The fraction of sp³-hybridized carbons (Fsp3) is 0.455. The van der Waals surface area contributed by atoms with Crippen molar-refractivity contribution < 1.29 is 4.48 Å². The summed E-state index contributed by atoms with van der Waals surface area (Å²) in [5.74, 6) is 1.39. The molecule has 3 rings (SSSR count). The van der Waals surface area contributed by atoms with Gasteiger partial charge in [0.2, 0.25) is 0 Å². The van der Waals surface area contributed by atoms with Gasteiger partial charge >= 0.3 is 0 Å². The van der Waals surface area contributed by atoms with Gasteiger partial charge in [-0.15, -0.1) is 7.64 Å². The highest BCUT2D eigenvalue weighted by molar-refractivity contribution is 5.86. The molecule has 2 heteroatoms. The number of hydrogen-bond acceptors (Lipinski definition) is 0. The Morgan fingerprint density at radius 2 is 1.62 bits per heavy atom. The minimum absolute atomic E-state index is 0.694. The maximum Gasteiger partial charge on any atom is 0.0906 e.